The van der Waals surface area contributed by atoms with E-state index in [4.69, 9.17) is 21.1 Å². The quantitative estimate of drug-likeness (QED) is 0.420. The molecule has 0 saturated heterocycles. The summed E-state index contributed by atoms with van der Waals surface area (Å²) in [6.07, 6.45) is 7.11. The first-order chi connectivity index (χ1) is 15.8. The Labute approximate surface area is 197 Å². The maximum atomic E-state index is 13.5. The van der Waals surface area contributed by atoms with Crippen LogP contribution in [0, 0.1) is 0 Å². The van der Waals surface area contributed by atoms with Crippen molar-refractivity contribution in [2.45, 2.75) is 49.0 Å². The lowest BCUT2D eigenvalue weighted by molar-refractivity contribution is 0.0948. The molecular weight excluding hydrogens is 468 g/mol. The van der Waals surface area contributed by atoms with Crippen LogP contribution in [-0.2, 0) is 37.2 Å². The van der Waals surface area contributed by atoms with Crippen molar-refractivity contribution < 1.29 is 17.9 Å². The number of methoxy groups -OCH3 is 2. The molecule has 12 heteroatoms. The van der Waals surface area contributed by atoms with Gasteiger partial charge in [-0.2, -0.15) is 0 Å². The summed E-state index contributed by atoms with van der Waals surface area (Å²) in [4.78, 5) is 12.5. The normalized spacial score (nSPS) is 17.0. The predicted octanol–water partition coefficient (Wildman–Crippen LogP) is 2.49. The van der Waals surface area contributed by atoms with E-state index in [1.807, 2.05) is 16.7 Å². The SMILES string of the molecule is COCc1nnc(CS(=O)(=O)[C@@H](C)[C@H](OC)c2ncc(Cl)cn2)n1C1(c2cccnc2)CC1. The van der Waals surface area contributed by atoms with Crippen LogP contribution in [0.4, 0.5) is 0 Å². The van der Waals surface area contributed by atoms with E-state index < -0.39 is 26.7 Å². The van der Waals surface area contributed by atoms with E-state index in [1.165, 1.54) is 19.5 Å². The van der Waals surface area contributed by atoms with Crippen LogP contribution in [0.3, 0.4) is 0 Å². The Balaban J connectivity index is 1.68. The maximum absolute atomic E-state index is 13.5. The number of aromatic nitrogens is 6. The van der Waals surface area contributed by atoms with E-state index in [0.29, 0.717) is 16.7 Å². The van der Waals surface area contributed by atoms with E-state index >= 15 is 0 Å². The van der Waals surface area contributed by atoms with Crippen molar-refractivity contribution in [3.8, 4) is 0 Å². The van der Waals surface area contributed by atoms with Gasteiger partial charge in [-0.05, 0) is 31.4 Å². The highest BCUT2D eigenvalue weighted by Crippen LogP contribution is 2.50. The molecule has 0 radical (unpaired) electrons. The lowest BCUT2D eigenvalue weighted by Gasteiger charge is -2.24. The number of sulfone groups is 1. The topological polar surface area (TPSA) is 122 Å². The van der Waals surface area contributed by atoms with E-state index in [-0.39, 0.29) is 18.2 Å². The fraction of sp³-hybridized carbons (Fsp3) is 0.476. The Bertz CT molecular complexity index is 1200. The fourth-order valence-corrected chi connectivity index (χ4v) is 5.55. The maximum Gasteiger partial charge on any atom is 0.163 e. The zero-order valence-electron chi connectivity index (χ0n) is 18.5. The molecule has 3 aromatic rings. The third kappa shape index (κ3) is 4.63. The molecule has 4 rings (SSSR count). The molecule has 1 aliphatic carbocycles. The zero-order valence-corrected chi connectivity index (χ0v) is 20.1. The van der Waals surface area contributed by atoms with Crippen molar-refractivity contribution in [2.24, 2.45) is 0 Å². The van der Waals surface area contributed by atoms with Gasteiger partial charge in [-0.25, -0.2) is 18.4 Å². The van der Waals surface area contributed by atoms with Gasteiger partial charge in [-0.15, -0.1) is 10.2 Å². The highest BCUT2D eigenvalue weighted by molar-refractivity contribution is 7.91. The molecule has 10 nitrogen and oxygen atoms in total. The minimum Gasteiger partial charge on any atom is -0.377 e. The number of pyridine rings is 1. The summed E-state index contributed by atoms with van der Waals surface area (Å²) in [6.45, 7) is 1.79. The van der Waals surface area contributed by atoms with Gasteiger partial charge in [0.1, 0.15) is 24.3 Å². The van der Waals surface area contributed by atoms with E-state index in [2.05, 4.69) is 25.1 Å². The largest absolute Gasteiger partial charge is 0.377 e. The molecule has 0 N–H and O–H groups in total. The lowest BCUT2D eigenvalue weighted by Crippen LogP contribution is -2.31. The number of ether oxygens (including phenoxy) is 2. The van der Waals surface area contributed by atoms with Gasteiger partial charge in [0.15, 0.2) is 21.5 Å². The molecule has 1 aliphatic rings. The van der Waals surface area contributed by atoms with Gasteiger partial charge in [0.2, 0.25) is 0 Å². The molecule has 0 bridgehead atoms. The summed E-state index contributed by atoms with van der Waals surface area (Å²) < 4.78 is 39.6. The highest BCUT2D eigenvalue weighted by atomic mass is 35.5. The van der Waals surface area contributed by atoms with E-state index in [0.717, 1.165) is 18.4 Å². The minimum atomic E-state index is -3.74. The first kappa shape index (κ1) is 23.7. The summed E-state index contributed by atoms with van der Waals surface area (Å²) >= 11 is 5.86. The van der Waals surface area contributed by atoms with Gasteiger partial charge >= 0.3 is 0 Å². The molecule has 176 valence electrons. The van der Waals surface area contributed by atoms with Crippen LogP contribution in [0.1, 0.15) is 48.9 Å². The first-order valence-electron chi connectivity index (χ1n) is 10.4. The Morgan fingerprint density at radius 2 is 1.85 bits per heavy atom. The van der Waals surface area contributed by atoms with Crippen molar-refractivity contribution in [2.75, 3.05) is 14.2 Å². The number of halogens is 1. The molecule has 0 spiro atoms. The second-order valence-corrected chi connectivity index (χ2v) is 10.8. The Morgan fingerprint density at radius 1 is 1.15 bits per heavy atom. The van der Waals surface area contributed by atoms with Crippen LogP contribution in [0.25, 0.3) is 0 Å². The molecule has 0 unspecified atom stereocenters. The lowest BCUT2D eigenvalue weighted by atomic mass is 10.1. The third-order valence-corrected chi connectivity index (χ3v) is 8.13. The number of hydrogen-bond donors (Lipinski definition) is 0. The van der Waals surface area contributed by atoms with Gasteiger partial charge in [0.05, 0.1) is 15.8 Å². The fourth-order valence-electron chi connectivity index (χ4n) is 4.04. The van der Waals surface area contributed by atoms with Crippen LogP contribution in [0.15, 0.2) is 36.9 Å². The van der Waals surface area contributed by atoms with Crippen LogP contribution in [0.2, 0.25) is 5.02 Å². The van der Waals surface area contributed by atoms with Crippen LogP contribution < -0.4 is 0 Å². The first-order valence-corrected chi connectivity index (χ1v) is 12.5. The number of nitrogens with zero attached hydrogens (tertiary/aromatic N) is 6. The van der Waals surface area contributed by atoms with Gasteiger partial charge in [-0.1, -0.05) is 17.7 Å². The van der Waals surface area contributed by atoms with Gasteiger partial charge in [0.25, 0.3) is 0 Å². The second-order valence-electron chi connectivity index (χ2n) is 8.00. The molecule has 1 saturated carbocycles. The van der Waals surface area contributed by atoms with E-state index in [9.17, 15) is 8.42 Å². The third-order valence-electron chi connectivity index (χ3n) is 5.89. The van der Waals surface area contributed by atoms with Crippen molar-refractivity contribution in [3.63, 3.8) is 0 Å². The summed E-state index contributed by atoms with van der Waals surface area (Å²) in [5, 5.41) is 7.91. The molecule has 3 heterocycles. The summed E-state index contributed by atoms with van der Waals surface area (Å²) in [6, 6.07) is 3.85. The smallest absolute Gasteiger partial charge is 0.163 e. The van der Waals surface area contributed by atoms with Crippen molar-refractivity contribution in [1.29, 1.82) is 0 Å². The summed E-state index contributed by atoms with van der Waals surface area (Å²) in [5.74, 6) is 0.845. The molecule has 33 heavy (non-hydrogen) atoms. The molecule has 3 aromatic heterocycles. The average Bonchev–Trinajstić information content (AvgIpc) is 3.52. The zero-order chi connectivity index (χ0) is 23.6. The van der Waals surface area contributed by atoms with Crippen LogP contribution >= 0.6 is 11.6 Å². The van der Waals surface area contributed by atoms with Crippen molar-refractivity contribution >= 4 is 21.4 Å². The van der Waals surface area contributed by atoms with Crippen molar-refractivity contribution in [3.05, 3.63) is 65.0 Å². The minimum absolute atomic E-state index is 0.212. The Hall–Kier alpha value is -2.47. The average molecular weight is 493 g/mol. The molecule has 0 aromatic carbocycles. The number of rotatable bonds is 10. The second kappa shape index (κ2) is 9.41. The molecule has 2 atom stereocenters. The highest BCUT2D eigenvalue weighted by Gasteiger charge is 2.50. The predicted molar refractivity (Wildman–Crippen MR) is 120 cm³/mol. The monoisotopic (exact) mass is 492 g/mol. The number of hydrogen-bond acceptors (Lipinski definition) is 9. The van der Waals surface area contributed by atoms with Crippen LogP contribution in [-0.4, -0.2) is 57.6 Å². The standard InChI is InChI=1S/C21H25ClN6O4S/c1-14(19(32-3)20-24-10-16(22)11-25-20)33(29,30)13-18-27-26-17(12-31-2)28(18)21(6-7-21)15-5-4-8-23-9-15/h4-5,8-11,14,19H,6-7,12-13H2,1-3H3/t14-,19-/m0/s1. The molecule has 1 fully saturated rings. The Morgan fingerprint density at radius 3 is 2.42 bits per heavy atom. The summed E-state index contributed by atoms with van der Waals surface area (Å²) in [5.41, 5.74) is 0.554. The van der Waals surface area contributed by atoms with E-state index in [1.54, 1.807) is 26.4 Å². The van der Waals surface area contributed by atoms with Gasteiger partial charge in [-0.3, -0.25) is 4.98 Å². The summed E-state index contributed by atoms with van der Waals surface area (Å²) in [7, 11) is -0.748. The van der Waals surface area contributed by atoms with Gasteiger partial charge < -0.3 is 14.0 Å². The molecular formula is C21H25ClN6O4S. The molecule has 0 amide bonds. The Kier molecular flexibility index (Phi) is 6.76. The molecule has 0 aliphatic heterocycles. The van der Waals surface area contributed by atoms with Crippen LogP contribution in [0.5, 0.6) is 0 Å². The van der Waals surface area contributed by atoms with Gasteiger partial charge in [0, 0.05) is 39.0 Å². The van der Waals surface area contributed by atoms with Crippen molar-refractivity contribution in [1.82, 2.24) is 29.7 Å².